The first-order valence-corrected chi connectivity index (χ1v) is 5.80. The van der Waals surface area contributed by atoms with Crippen LogP contribution >= 0.6 is 0 Å². The SMILES string of the molecule is O=C(c1coc(-c2ccccc2)n1)N1CCCO1. The van der Waals surface area contributed by atoms with Crippen molar-refractivity contribution in [2.45, 2.75) is 6.42 Å². The minimum atomic E-state index is -0.251. The van der Waals surface area contributed by atoms with E-state index in [9.17, 15) is 4.79 Å². The van der Waals surface area contributed by atoms with Crippen molar-refractivity contribution >= 4 is 5.91 Å². The summed E-state index contributed by atoms with van der Waals surface area (Å²) in [6, 6.07) is 9.46. The van der Waals surface area contributed by atoms with Gasteiger partial charge in [-0.25, -0.2) is 10.0 Å². The van der Waals surface area contributed by atoms with Crippen LogP contribution in [0.3, 0.4) is 0 Å². The molecule has 1 aliphatic heterocycles. The molecular formula is C13H12N2O3. The number of oxazole rings is 1. The van der Waals surface area contributed by atoms with Gasteiger partial charge in [-0.2, -0.15) is 0 Å². The van der Waals surface area contributed by atoms with Gasteiger partial charge >= 0.3 is 0 Å². The largest absolute Gasteiger partial charge is 0.444 e. The van der Waals surface area contributed by atoms with E-state index >= 15 is 0 Å². The van der Waals surface area contributed by atoms with Crippen molar-refractivity contribution in [1.82, 2.24) is 10.0 Å². The van der Waals surface area contributed by atoms with Crippen LogP contribution in [0.4, 0.5) is 0 Å². The Kier molecular flexibility index (Phi) is 2.82. The maximum absolute atomic E-state index is 12.0. The summed E-state index contributed by atoms with van der Waals surface area (Å²) in [5.41, 5.74) is 1.12. The van der Waals surface area contributed by atoms with E-state index < -0.39 is 0 Å². The number of hydrogen-bond acceptors (Lipinski definition) is 4. The topological polar surface area (TPSA) is 55.6 Å². The lowest BCUT2D eigenvalue weighted by Gasteiger charge is -2.10. The van der Waals surface area contributed by atoms with Crippen LogP contribution in [0.1, 0.15) is 16.9 Å². The van der Waals surface area contributed by atoms with Gasteiger partial charge < -0.3 is 4.42 Å². The minimum absolute atomic E-state index is 0.251. The Bertz CT molecular complexity index is 544. The van der Waals surface area contributed by atoms with E-state index in [4.69, 9.17) is 9.25 Å². The van der Waals surface area contributed by atoms with Crippen molar-refractivity contribution in [3.05, 3.63) is 42.3 Å². The molecule has 0 aliphatic carbocycles. The van der Waals surface area contributed by atoms with Crippen LogP contribution in [0.5, 0.6) is 0 Å². The van der Waals surface area contributed by atoms with Crippen molar-refractivity contribution in [3.8, 4) is 11.5 Å². The third kappa shape index (κ3) is 2.00. The minimum Gasteiger partial charge on any atom is -0.444 e. The highest BCUT2D eigenvalue weighted by atomic mass is 16.7. The number of hydrogen-bond donors (Lipinski definition) is 0. The number of carbonyl (C=O) groups excluding carboxylic acids is 1. The monoisotopic (exact) mass is 244 g/mol. The highest BCUT2D eigenvalue weighted by Crippen LogP contribution is 2.19. The summed E-state index contributed by atoms with van der Waals surface area (Å²) in [5, 5.41) is 1.33. The highest BCUT2D eigenvalue weighted by molar-refractivity contribution is 5.91. The summed E-state index contributed by atoms with van der Waals surface area (Å²) in [6.45, 7) is 1.18. The molecule has 18 heavy (non-hydrogen) atoms. The van der Waals surface area contributed by atoms with E-state index in [0.717, 1.165) is 12.0 Å². The lowest BCUT2D eigenvalue weighted by Crippen LogP contribution is -2.26. The fraction of sp³-hybridized carbons (Fsp3) is 0.231. The van der Waals surface area contributed by atoms with E-state index in [0.29, 0.717) is 19.0 Å². The Hall–Kier alpha value is -2.14. The van der Waals surface area contributed by atoms with Crippen molar-refractivity contribution in [2.75, 3.05) is 13.2 Å². The average molecular weight is 244 g/mol. The molecule has 1 amide bonds. The van der Waals surface area contributed by atoms with Crippen molar-refractivity contribution in [1.29, 1.82) is 0 Å². The summed E-state index contributed by atoms with van der Waals surface area (Å²) >= 11 is 0. The smallest absolute Gasteiger partial charge is 0.299 e. The molecule has 0 saturated carbocycles. The summed E-state index contributed by atoms with van der Waals surface area (Å²) in [6.07, 6.45) is 2.22. The number of aromatic nitrogens is 1. The van der Waals surface area contributed by atoms with E-state index in [2.05, 4.69) is 4.98 Å². The van der Waals surface area contributed by atoms with Crippen LogP contribution in [-0.4, -0.2) is 29.1 Å². The number of nitrogens with zero attached hydrogens (tertiary/aromatic N) is 2. The Morgan fingerprint density at radius 1 is 1.28 bits per heavy atom. The second-order valence-corrected chi connectivity index (χ2v) is 4.00. The molecule has 92 valence electrons. The van der Waals surface area contributed by atoms with Crippen LogP contribution in [0.2, 0.25) is 0 Å². The van der Waals surface area contributed by atoms with E-state index in [1.807, 2.05) is 30.3 Å². The molecule has 1 aliphatic rings. The summed E-state index contributed by atoms with van der Waals surface area (Å²) in [4.78, 5) is 21.3. The molecule has 0 unspecified atom stereocenters. The van der Waals surface area contributed by atoms with Gasteiger partial charge in [0.1, 0.15) is 6.26 Å². The second kappa shape index (κ2) is 4.62. The molecule has 3 rings (SSSR count). The highest BCUT2D eigenvalue weighted by Gasteiger charge is 2.24. The molecule has 0 bridgehead atoms. The average Bonchev–Trinajstić information content (AvgIpc) is 3.10. The fourth-order valence-corrected chi connectivity index (χ4v) is 1.82. The quantitative estimate of drug-likeness (QED) is 0.812. The molecule has 0 radical (unpaired) electrons. The number of hydroxylamine groups is 2. The predicted octanol–water partition coefficient (Wildman–Crippen LogP) is 2.12. The summed E-state index contributed by atoms with van der Waals surface area (Å²) < 4.78 is 5.32. The first-order valence-electron chi connectivity index (χ1n) is 5.80. The number of carbonyl (C=O) groups is 1. The number of benzene rings is 1. The van der Waals surface area contributed by atoms with Gasteiger partial charge in [-0.05, 0) is 18.6 Å². The molecule has 5 heteroatoms. The molecule has 2 aromatic rings. The van der Waals surface area contributed by atoms with Crippen molar-refractivity contribution in [2.24, 2.45) is 0 Å². The van der Waals surface area contributed by atoms with Crippen molar-refractivity contribution in [3.63, 3.8) is 0 Å². The molecule has 0 atom stereocenters. The zero-order valence-corrected chi connectivity index (χ0v) is 9.70. The van der Waals surface area contributed by atoms with Gasteiger partial charge in [-0.15, -0.1) is 0 Å². The van der Waals surface area contributed by atoms with Crippen LogP contribution in [0.15, 0.2) is 41.0 Å². The summed E-state index contributed by atoms with van der Waals surface area (Å²) in [7, 11) is 0. The molecule has 1 fully saturated rings. The lowest BCUT2D eigenvalue weighted by molar-refractivity contribution is -0.0771. The Morgan fingerprint density at radius 2 is 2.11 bits per heavy atom. The molecule has 0 spiro atoms. The number of rotatable bonds is 2. The Labute approximate surface area is 104 Å². The summed E-state index contributed by atoms with van der Waals surface area (Å²) in [5.74, 6) is 0.191. The molecule has 1 aromatic heterocycles. The van der Waals surface area contributed by atoms with Gasteiger partial charge in [-0.1, -0.05) is 18.2 Å². The van der Waals surface area contributed by atoms with Crippen LogP contribution in [0, 0.1) is 0 Å². The van der Waals surface area contributed by atoms with Crippen LogP contribution < -0.4 is 0 Å². The van der Waals surface area contributed by atoms with Gasteiger partial charge in [0.05, 0.1) is 13.2 Å². The molecule has 0 N–H and O–H groups in total. The fourth-order valence-electron chi connectivity index (χ4n) is 1.82. The van der Waals surface area contributed by atoms with Gasteiger partial charge in [-0.3, -0.25) is 9.63 Å². The first kappa shape index (κ1) is 11.0. The number of amides is 1. The van der Waals surface area contributed by atoms with Gasteiger partial charge in [0, 0.05) is 5.56 Å². The molecule has 5 nitrogen and oxygen atoms in total. The van der Waals surface area contributed by atoms with Crippen LogP contribution in [0.25, 0.3) is 11.5 Å². The first-order chi connectivity index (χ1) is 8.84. The molecule has 1 aromatic carbocycles. The maximum Gasteiger partial charge on any atom is 0.299 e. The third-order valence-electron chi connectivity index (χ3n) is 2.72. The standard InChI is InChI=1S/C13H12N2O3/c16-13(15-7-4-8-18-15)11-9-17-12(14-11)10-5-2-1-3-6-10/h1-3,5-6,9H,4,7-8H2. The normalized spacial score (nSPS) is 15.0. The molecule has 1 saturated heterocycles. The third-order valence-corrected chi connectivity index (χ3v) is 2.72. The Balaban J connectivity index is 1.83. The van der Waals surface area contributed by atoms with Gasteiger partial charge in [0.15, 0.2) is 5.69 Å². The zero-order valence-electron chi connectivity index (χ0n) is 9.70. The zero-order chi connectivity index (χ0) is 12.4. The van der Waals surface area contributed by atoms with Gasteiger partial charge in [0.2, 0.25) is 5.89 Å². The predicted molar refractivity (Wildman–Crippen MR) is 63.5 cm³/mol. The molecule has 2 heterocycles. The van der Waals surface area contributed by atoms with E-state index in [1.165, 1.54) is 11.3 Å². The molecular weight excluding hydrogens is 232 g/mol. The second-order valence-electron chi connectivity index (χ2n) is 4.00. The van der Waals surface area contributed by atoms with E-state index in [-0.39, 0.29) is 11.6 Å². The van der Waals surface area contributed by atoms with E-state index in [1.54, 1.807) is 0 Å². The van der Waals surface area contributed by atoms with Crippen LogP contribution in [-0.2, 0) is 4.84 Å². The Morgan fingerprint density at radius 3 is 2.83 bits per heavy atom. The maximum atomic E-state index is 12.0. The lowest BCUT2D eigenvalue weighted by atomic mass is 10.2. The van der Waals surface area contributed by atoms with Crippen molar-refractivity contribution < 1.29 is 14.0 Å². The van der Waals surface area contributed by atoms with Gasteiger partial charge in [0.25, 0.3) is 5.91 Å².